The molecule has 2 aromatic heterocycles. The Labute approximate surface area is 179 Å². The second kappa shape index (κ2) is 9.34. The maximum Gasteiger partial charge on any atom is 0.191 e. The molecule has 6 nitrogen and oxygen atoms in total. The third-order valence-corrected chi connectivity index (χ3v) is 6.48. The van der Waals surface area contributed by atoms with Crippen LogP contribution in [-0.4, -0.2) is 32.7 Å². The topological polar surface area (TPSA) is 97.0 Å². The van der Waals surface area contributed by atoms with Crippen LogP contribution in [0.15, 0.2) is 27.8 Å². The normalized spacial score (nSPS) is 12.6. The Balaban J connectivity index is 1.87. The van der Waals surface area contributed by atoms with Crippen LogP contribution in [0.25, 0.3) is 10.3 Å². The van der Waals surface area contributed by atoms with E-state index in [0.29, 0.717) is 33.4 Å². The van der Waals surface area contributed by atoms with Gasteiger partial charge in [0.05, 0.1) is 12.6 Å². The molecular weight excluding hydrogens is 465 g/mol. The Hall–Kier alpha value is -1.49. The molecular formula is C18H21BrFN5OS2. The third kappa shape index (κ3) is 5.31. The van der Waals surface area contributed by atoms with Gasteiger partial charge in [0.25, 0.3) is 0 Å². The van der Waals surface area contributed by atoms with Crippen LogP contribution in [-0.2, 0) is 5.75 Å². The molecule has 0 aliphatic rings. The number of rotatable bonds is 8. The predicted molar refractivity (Wildman–Crippen MR) is 117 cm³/mol. The SMILES string of the molecule is CC(C)CC(CO)Nc1nc(SCc2cc(F)ccc2Br)nc2nc(N)sc12. The van der Waals surface area contributed by atoms with Gasteiger partial charge in [-0.25, -0.2) is 19.3 Å². The van der Waals surface area contributed by atoms with Gasteiger partial charge in [-0.2, -0.15) is 0 Å². The quantitative estimate of drug-likeness (QED) is 0.314. The van der Waals surface area contributed by atoms with E-state index in [1.165, 1.54) is 35.2 Å². The number of nitrogens with zero attached hydrogens (tertiary/aromatic N) is 3. The Morgan fingerprint density at radius 3 is 2.82 bits per heavy atom. The number of aliphatic hydroxyl groups is 1. The minimum atomic E-state index is -0.288. The summed E-state index contributed by atoms with van der Waals surface area (Å²) in [5.74, 6) is 1.25. The summed E-state index contributed by atoms with van der Waals surface area (Å²) in [5, 5.41) is 13.9. The number of aromatic nitrogens is 3. The molecule has 10 heteroatoms. The van der Waals surface area contributed by atoms with Gasteiger partial charge in [0, 0.05) is 10.2 Å². The highest BCUT2D eigenvalue weighted by Crippen LogP contribution is 2.33. The number of nitrogen functional groups attached to an aromatic ring is 1. The molecule has 0 spiro atoms. The number of thioether (sulfide) groups is 1. The van der Waals surface area contributed by atoms with Gasteiger partial charge in [-0.15, -0.1) is 0 Å². The Morgan fingerprint density at radius 2 is 2.11 bits per heavy atom. The fourth-order valence-electron chi connectivity index (χ4n) is 2.72. The van der Waals surface area contributed by atoms with Gasteiger partial charge in [0.15, 0.2) is 21.8 Å². The molecule has 0 amide bonds. The first-order valence-electron chi connectivity index (χ1n) is 8.74. The Kier molecular flexibility index (Phi) is 7.08. The second-order valence-electron chi connectivity index (χ2n) is 6.74. The zero-order valence-corrected chi connectivity index (χ0v) is 18.7. The minimum absolute atomic E-state index is 0.00330. The Bertz CT molecular complexity index is 969. The lowest BCUT2D eigenvalue weighted by atomic mass is 10.0. The lowest BCUT2D eigenvalue weighted by Gasteiger charge is -2.19. The van der Waals surface area contributed by atoms with Gasteiger partial charge in [0.2, 0.25) is 0 Å². The van der Waals surface area contributed by atoms with Gasteiger partial charge in [-0.3, -0.25) is 0 Å². The van der Waals surface area contributed by atoms with Gasteiger partial charge in [-0.05, 0) is 36.1 Å². The number of halogens is 2. The first kappa shape index (κ1) is 21.2. The van der Waals surface area contributed by atoms with E-state index in [4.69, 9.17) is 5.73 Å². The smallest absolute Gasteiger partial charge is 0.191 e. The zero-order valence-electron chi connectivity index (χ0n) is 15.4. The Morgan fingerprint density at radius 1 is 1.32 bits per heavy atom. The van der Waals surface area contributed by atoms with Crippen molar-refractivity contribution in [2.24, 2.45) is 5.92 Å². The summed E-state index contributed by atoms with van der Waals surface area (Å²) in [4.78, 5) is 13.4. The molecule has 4 N–H and O–H groups in total. The van der Waals surface area contributed by atoms with Crippen molar-refractivity contribution in [1.29, 1.82) is 0 Å². The first-order chi connectivity index (χ1) is 13.4. The van der Waals surface area contributed by atoms with Crippen LogP contribution in [0.1, 0.15) is 25.8 Å². The van der Waals surface area contributed by atoms with Crippen molar-refractivity contribution in [3.8, 4) is 0 Å². The summed E-state index contributed by atoms with van der Waals surface area (Å²) in [6.07, 6.45) is 0.801. The van der Waals surface area contributed by atoms with Gasteiger partial charge in [-0.1, -0.05) is 52.9 Å². The fourth-order valence-corrected chi connectivity index (χ4v) is 4.85. The first-order valence-corrected chi connectivity index (χ1v) is 11.3. The highest BCUT2D eigenvalue weighted by atomic mass is 79.9. The van der Waals surface area contributed by atoms with Crippen LogP contribution in [0.4, 0.5) is 15.3 Å². The van der Waals surface area contributed by atoms with Crippen molar-refractivity contribution in [2.45, 2.75) is 37.2 Å². The summed E-state index contributed by atoms with van der Waals surface area (Å²) in [6.45, 7) is 4.20. The van der Waals surface area contributed by atoms with Crippen molar-refractivity contribution < 1.29 is 9.50 Å². The van der Waals surface area contributed by atoms with E-state index in [1.807, 2.05) is 0 Å². The van der Waals surface area contributed by atoms with Crippen molar-refractivity contribution in [2.75, 3.05) is 17.7 Å². The molecule has 0 aliphatic carbocycles. The average Bonchev–Trinajstić information content (AvgIpc) is 3.02. The lowest BCUT2D eigenvalue weighted by molar-refractivity contribution is 0.259. The van der Waals surface area contributed by atoms with E-state index >= 15 is 0 Å². The van der Waals surface area contributed by atoms with E-state index in [2.05, 4.69) is 50.0 Å². The number of hydrogen-bond donors (Lipinski definition) is 3. The standard InChI is InChI=1S/C18H21BrFN5OS2/c1-9(2)5-12(7-26)22-15-14-16(23-17(21)28-14)25-18(24-15)27-8-10-6-11(20)3-4-13(10)19/h3-4,6,9,12,26H,5,7-8H2,1-2H3,(H3,21,22,23,24,25). The number of nitrogens with two attached hydrogens (primary N) is 1. The van der Waals surface area contributed by atoms with Crippen LogP contribution >= 0.6 is 39.0 Å². The van der Waals surface area contributed by atoms with Crippen molar-refractivity contribution in [1.82, 2.24) is 15.0 Å². The molecule has 0 saturated heterocycles. The fraction of sp³-hybridized carbons (Fsp3) is 0.389. The highest BCUT2D eigenvalue weighted by molar-refractivity contribution is 9.10. The van der Waals surface area contributed by atoms with Crippen LogP contribution < -0.4 is 11.1 Å². The van der Waals surface area contributed by atoms with Gasteiger partial charge in [0.1, 0.15) is 10.5 Å². The maximum absolute atomic E-state index is 13.5. The van der Waals surface area contributed by atoms with Gasteiger partial charge < -0.3 is 16.2 Å². The minimum Gasteiger partial charge on any atom is -0.394 e. The molecule has 2 heterocycles. The van der Waals surface area contributed by atoms with E-state index in [1.54, 1.807) is 6.07 Å². The average molecular weight is 486 g/mol. The molecule has 0 fully saturated rings. The van der Waals surface area contributed by atoms with Gasteiger partial charge >= 0.3 is 0 Å². The maximum atomic E-state index is 13.5. The number of anilines is 2. The summed E-state index contributed by atoms with van der Waals surface area (Å²) in [5.41, 5.74) is 7.19. The number of fused-ring (bicyclic) bond motifs is 1. The number of hydrogen-bond acceptors (Lipinski definition) is 8. The zero-order chi connectivity index (χ0) is 20.3. The molecule has 1 aromatic carbocycles. The molecule has 0 aliphatic heterocycles. The summed E-state index contributed by atoms with van der Waals surface area (Å²) in [6, 6.07) is 4.45. The third-order valence-electron chi connectivity index (χ3n) is 3.93. The lowest BCUT2D eigenvalue weighted by Crippen LogP contribution is -2.26. The number of benzene rings is 1. The van der Waals surface area contributed by atoms with Crippen molar-refractivity contribution >= 4 is 60.3 Å². The van der Waals surface area contributed by atoms with E-state index in [9.17, 15) is 9.50 Å². The van der Waals surface area contributed by atoms with Crippen molar-refractivity contribution in [3.63, 3.8) is 0 Å². The largest absolute Gasteiger partial charge is 0.394 e. The molecule has 0 saturated carbocycles. The number of nitrogens with one attached hydrogen (secondary N) is 1. The number of thiazole rings is 1. The van der Waals surface area contributed by atoms with Crippen LogP contribution in [0.5, 0.6) is 0 Å². The summed E-state index contributed by atoms with van der Waals surface area (Å²) >= 11 is 6.13. The summed E-state index contributed by atoms with van der Waals surface area (Å²) < 4.78 is 15.1. The predicted octanol–water partition coefficient (Wildman–Crippen LogP) is 4.68. The second-order valence-corrected chi connectivity index (χ2v) is 9.56. The number of aliphatic hydroxyl groups excluding tert-OH is 1. The van der Waals surface area contributed by atoms with Crippen LogP contribution in [0.3, 0.4) is 0 Å². The molecule has 150 valence electrons. The molecule has 28 heavy (non-hydrogen) atoms. The molecule has 1 atom stereocenters. The van der Waals surface area contributed by atoms with E-state index < -0.39 is 0 Å². The molecule has 0 bridgehead atoms. The van der Waals surface area contributed by atoms with E-state index in [-0.39, 0.29) is 18.5 Å². The van der Waals surface area contributed by atoms with Crippen LogP contribution in [0, 0.1) is 11.7 Å². The summed E-state index contributed by atoms with van der Waals surface area (Å²) in [7, 11) is 0. The van der Waals surface area contributed by atoms with E-state index in [0.717, 1.165) is 21.2 Å². The molecule has 3 rings (SSSR count). The monoisotopic (exact) mass is 485 g/mol. The van der Waals surface area contributed by atoms with Crippen molar-refractivity contribution in [3.05, 3.63) is 34.1 Å². The highest BCUT2D eigenvalue weighted by Gasteiger charge is 2.17. The van der Waals surface area contributed by atoms with Crippen LogP contribution in [0.2, 0.25) is 0 Å². The molecule has 0 radical (unpaired) electrons. The molecule has 3 aromatic rings. The molecule has 1 unspecified atom stereocenters.